The number of carbonyl (C=O) groups excluding carboxylic acids is 2. The molecule has 132 valence electrons. The maximum absolute atomic E-state index is 12.7. The number of hydrogen-bond donors (Lipinski definition) is 0. The van der Waals surface area contributed by atoms with E-state index in [9.17, 15) is 14.9 Å². The Hall–Kier alpha value is -1.61. The second kappa shape index (κ2) is 6.72. The molecule has 3 fully saturated rings. The van der Waals surface area contributed by atoms with Crippen LogP contribution in [0.4, 0.5) is 0 Å². The third-order valence-corrected chi connectivity index (χ3v) is 5.94. The molecule has 0 aromatic rings. The molecule has 24 heavy (non-hydrogen) atoms. The number of likely N-dealkylation sites (tertiary alicyclic amines) is 1. The van der Waals surface area contributed by atoms with Crippen LogP contribution in [0.15, 0.2) is 0 Å². The van der Waals surface area contributed by atoms with Crippen LogP contribution in [0.1, 0.15) is 46.0 Å². The maximum Gasteiger partial charge on any atom is 0.243 e. The summed E-state index contributed by atoms with van der Waals surface area (Å²) in [5, 5.41) is 9.35. The van der Waals surface area contributed by atoms with E-state index in [2.05, 4.69) is 24.8 Å². The molecule has 6 nitrogen and oxygen atoms in total. The zero-order valence-electron chi connectivity index (χ0n) is 14.8. The van der Waals surface area contributed by atoms with Gasteiger partial charge < -0.3 is 9.80 Å². The van der Waals surface area contributed by atoms with Crippen molar-refractivity contribution in [3.8, 4) is 6.07 Å². The third kappa shape index (κ3) is 2.90. The molecular weight excluding hydrogens is 304 g/mol. The number of piperazine rings is 1. The van der Waals surface area contributed by atoms with Crippen LogP contribution in [0.5, 0.6) is 0 Å². The summed E-state index contributed by atoms with van der Waals surface area (Å²) in [5.41, 5.74) is -0.753. The smallest absolute Gasteiger partial charge is 0.243 e. The Bertz CT molecular complexity index is 542. The highest BCUT2D eigenvalue weighted by atomic mass is 16.2. The van der Waals surface area contributed by atoms with Crippen molar-refractivity contribution in [1.82, 2.24) is 14.7 Å². The van der Waals surface area contributed by atoms with Crippen LogP contribution in [0.2, 0.25) is 0 Å². The fourth-order valence-corrected chi connectivity index (χ4v) is 4.17. The SMILES string of the molecule is CC(C)N1CCCC(N2CCN(C(=O)C3(C#N)CCC3)CC2)C1=O. The second-order valence-corrected chi connectivity index (χ2v) is 7.66. The topological polar surface area (TPSA) is 67.7 Å². The summed E-state index contributed by atoms with van der Waals surface area (Å²) >= 11 is 0. The summed E-state index contributed by atoms with van der Waals surface area (Å²) in [7, 11) is 0. The van der Waals surface area contributed by atoms with E-state index < -0.39 is 5.41 Å². The minimum atomic E-state index is -0.753. The van der Waals surface area contributed by atoms with E-state index in [1.165, 1.54) is 0 Å². The Morgan fingerprint density at radius 2 is 1.83 bits per heavy atom. The van der Waals surface area contributed by atoms with E-state index in [0.717, 1.165) is 38.9 Å². The van der Waals surface area contributed by atoms with Crippen LogP contribution in [-0.4, -0.2) is 71.3 Å². The van der Waals surface area contributed by atoms with Gasteiger partial charge in [0.1, 0.15) is 5.41 Å². The first-order valence-corrected chi connectivity index (χ1v) is 9.24. The van der Waals surface area contributed by atoms with Crippen LogP contribution >= 0.6 is 0 Å². The Balaban J connectivity index is 1.58. The van der Waals surface area contributed by atoms with Gasteiger partial charge in [0.25, 0.3) is 0 Å². The number of carbonyl (C=O) groups is 2. The molecule has 0 radical (unpaired) electrons. The van der Waals surface area contributed by atoms with Gasteiger partial charge in [-0.05, 0) is 46.0 Å². The third-order valence-electron chi connectivity index (χ3n) is 5.94. The highest BCUT2D eigenvalue weighted by Gasteiger charge is 2.47. The summed E-state index contributed by atoms with van der Waals surface area (Å²) in [5.74, 6) is 0.248. The molecule has 1 aliphatic carbocycles. The van der Waals surface area contributed by atoms with Crippen molar-refractivity contribution in [1.29, 1.82) is 5.26 Å². The Morgan fingerprint density at radius 3 is 2.33 bits per heavy atom. The molecule has 1 atom stereocenters. The van der Waals surface area contributed by atoms with Crippen LogP contribution in [0, 0.1) is 16.7 Å². The van der Waals surface area contributed by atoms with E-state index in [4.69, 9.17) is 0 Å². The van der Waals surface area contributed by atoms with Crippen LogP contribution in [0.25, 0.3) is 0 Å². The van der Waals surface area contributed by atoms with E-state index in [1.807, 2.05) is 9.80 Å². The molecular formula is C18H28N4O2. The molecule has 0 spiro atoms. The molecule has 0 aromatic carbocycles. The standard InChI is InChI=1S/C18H28N4O2/c1-14(2)22-8-3-5-15(16(22)23)20-9-11-21(12-10-20)17(24)18(13-19)6-4-7-18/h14-15H,3-12H2,1-2H3. The molecule has 3 rings (SSSR count). The molecule has 1 unspecified atom stereocenters. The molecule has 0 N–H and O–H groups in total. The van der Waals surface area contributed by atoms with E-state index in [0.29, 0.717) is 25.9 Å². The highest BCUT2D eigenvalue weighted by Crippen LogP contribution is 2.42. The van der Waals surface area contributed by atoms with Gasteiger partial charge in [0.2, 0.25) is 11.8 Å². The fourth-order valence-electron chi connectivity index (χ4n) is 4.17. The summed E-state index contributed by atoms with van der Waals surface area (Å²) < 4.78 is 0. The van der Waals surface area contributed by atoms with Crippen molar-refractivity contribution in [2.24, 2.45) is 5.41 Å². The second-order valence-electron chi connectivity index (χ2n) is 7.66. The summed E-state index contributed by atoms with van der Waals surface area (Å²) in [6, 6.07) is 2.46. The largest absolute Gasteiger partial charge is 0.339 e. The first-order valence-electron chi connectivity index (χ1n) is 9.24. The average Bonchev–Trinajstić information content (AvgIpc) is 2.54. The van der Waals surface area contributed by atoms with Crippen LogP contribution < -0.4 is 0 Å². The van der Waals surface area contributed by atoms with Crippen molar-refractivity contribution in [3.05, 3.63) is 0 Å². The van der Waals surface area contributed by atoms with E-state index >= 15 is 0 Å². The van der Waals surface area contributed by atoms with Crippen LogP contribution in [0.3, 0.4) is 0 Å². The summed E-state index contributed by atoms with van der Waals surface area (Å²) in [4.78, 5) is 31.4. The number of rotatable bonds is 3. The molecule has 0 aromatic heterocycles. The van der Waals surface area contributed by atoms with Gasteiger partial charge in [0.15, 0.2) is 0 Å². The zero-order valence-corrected chi connectivity index (χ0v) is 14.8. The molecule has 2 aliphatic heterocycles. The maximum atomic E-state index is 12.7. The molecule has 2 heterocycles. The van der Waals surface area contributed by atoms with E-state index in [1.54, 1.807) is 0 Å². The number of nitrogens with zero attached hydrogens (tertiary/aromatic N) is 4. The predicted octanol–water partition coefficient (Wildman–Crippen LogP) is 1.22. The number of hydrogen-bond acceptors (Lipinski definition) is 4. The first-order chi connectivity index (χ1) is 11.5. The minimum absolute atomic E-state index is 0.00896. The first kappa shape index (κ1) is 17.2. The van der Waals surface area contributed by atoms with Crippen molar-refractivity contribution in [2.45, 2.75) is 58.0 Å². The Kier molecular flexibility index (Phi) is 4.82. The normalized spacial score (nSPS) is 27.8. The van der Waals surface area contributed by atoms with Crippen molar-refractivity contribution in [3.63, 3.8) is 0 Å². The van der Waals surface area contributed by atoms with Gasteiger partial charge in [-0.15, -0.1) is 0 Å². The molecule has 0 bridgehead atoms. The molecule has 2 saturated heterocycles. The van der Waals surface area contributed by atoms with Gasteiger partial charge in [0.05, 0.1) is 12.1 Å². The fraction of sp³-hybridized carbons (Fsp3) is 0.833. The number of piperidine rings is 1. The van der Waals surface area contributed by atoms with Gasteiger partial charge in [-0.2, -0.15) is 5.26 Å². The lowest BCUT2D eigenvalue weighted by Gasteiger charge is -2.45. The van der Waals surface area contributed by atoms with Gasteiger partial charge >= 0.3 is 0 Å². The minimum Gasteiger partial charge on any atom is -0.339 e. The Labute approximate surface area is 144 Å². The van der Waals surface area contributed by atoms with Gasteiger partial charge in [-0.3, -0.25) is 14.5 Å². The summed E-state index contributed by atoms with van der Waals surface area (Å²) in [6.45, 7) is 7.72. The molecule has 6 heteroatoms. The lowest BCUT2D eigenvalue weighted by Crippen LogP contribution is -2.60. The van der Waals surface area contributed by atoms with Crippen molar-refractivity contribution >= 4 is 11.8 Å². The van der Waals surface area contributed by atoms with Gasteiger partial charge in [-0.25, -0.2) is 0 Å². The monoisotopic (exact) mass is 332 g/mol. The lowest BCUT2D eigenvalue weighted by molar-refractivity contribution is -0.148. The molecule has 1 saturated carbocycles. The average molecular weight is 332 g/mol. The van der Waals surface area contributed by atoms with Crippen LogP contribution in [-0.2, 0) is 9.59 Å². The Morgan fingerprint density at radius 1 is 1.17 bits per heavy atom. The lowest BCUT2D eigenvalue weighted by atomic mass is 9.69. The van der Waals surface area contributed by atoms with E-state index in [-0.39, 0.29) is 23.9 Å². The zero-order chi connectivity index (χ0) is 17.3. The van der Waals surface area contributed by atoms with Crippen molar-refractivity contribution in [2.75, 3.05) is 32.7 Å². The molecule has 3 aliphatic rings. The number of nitriles is 1. The van der Waals surface area contributed by atoms with Gasteiger partial charge in [0, 0.05) is 38.8 Å². The summed E-state index contributed by atoms with van der Waals surface area (Å²) in [6.07, 6.45) is 4.34. The van der Waals surface area contributed by atoms with Gasteiger partial charge in [-0.1, -0.05) is 0 Å². The highest BCUT2D eigenvalue weighted by molar-refractivity contribution is 5.86. The quantitative estimate of drug-likeness (QED) is 0.779. The predicted molar refractivity (Wildman–Crippen MR) is 89.9 cm³/mol. The molecule has 2 amide bonds. The number of amides is 2. The van der Waals surface area contributed by atoms with Crippen molar-refractivity contribution < 1.29 is 9.59 Å².